The minimum absolute atomic E-state index is 0.0216. The second-order valence-electron chi connectivity index (χ2n) is 8.24. The summed E-state index contributed by atoms with van der Waals surface area (Å²) in [6.45, 7) is 7.13. The Labute approximate surface area is 164 Å². The molecule has 1 N–H and O–H groups in total. The van der Waals surface area contributed by atoms with Crippen molar-refractivity contribution in [2.24, 2.45) is 5.41 Å². The molecule has 1 spiro atoms. The van der Waals surface area contributed by atoms with E-state index >= 15 is 0 Å². The minimum Gasteiger partial charge on any atom is -0.367 e. The lowest BCUT2D eigenvalue weighted by Crippen LogP contribution is -2.40. The van der Waals surface area contributed by atoms with Gasteiger partial charge in [0.2, 0.25) is 6.41 Å². The summed E-state index contributed by atoms with van der Waals surface area (Å²) in [6, 6.07) is 5.14. The number of nitrogens with one attached hydrogen (secondary N) is 1. The molecule has 1 aromatic carbocycles. The Morgan fingerprint density at radius 2 is 2.00 bits per heavy atom. The first-order chi connectivity index (χ1) is 13.3. The third kappa shape index (κ3) is 4.75. The van der Waals surface area contributed by atoms with E-state index in [1.165, 1.54) is 44.1 Å². The molecule has 4 rings (SSSR count). The fourth-order valence-corrected chi connectivity index (χ4v) is 3.82. The van der Waals surface area contributed by atoms with Gasteiger partial charge in [-0.05, 0) is 64.0 Å². The number of likely N-dealkylation sites (tertiary alicyclic amines) is 1. The van der Waals surface area contributed by atoms with E-state index in [-0.39, 0.29) is 11.6 Å². The third-order valence-electron chi connectivity index (χ3n) is 5.63. The summed E-state index contributed by atoms with van der Waals surface area (Å²) in [5, 5.41) is 3.91. The van der Waals surface area contributed by atoms with Gasteiger partial charge in [0, 0.05) is 29.6 Å². The molecule has 28 heavy (non-hydrogen) atoms. The Bertz CT molecular complexity index is 823. The number of aromatic nitrogens is 2. The predicted molar refractivity (Wildman–Crippen MR) is 106 cm³/mol. The summed E-state index contributed by atoms with van der Waals surface area (Å²) < 4.78 is 25.1. The van der Waals surface area contributed by atoms with E-state index in [2.05, 4.69) is 22.2 Å². The summed E-state index contributed by atoms with van der Waals surface area (Å²) in [5.74, 6) is 0.672. The second-order valence-corrected chi connectivity index (χ2v) is 8.24. The summed E-state index contributed by atoms with van der Waals surface area (Å²) in [7, 11) is 0. The lowest BCUT2D eigenvalue weighted by molar-refractivity contribution is -0.121. The molecule has 5 nitrogen and oxygen atoms in total. The molecule has 1 aliphatic carbocycles. The standard InChI is InChI=1S/C12H13F2N3.C9H15NO/c1-7(2)17-12-9-4-3-8(11(13)14)5-10(9)15-6-16-12;1-8-6-9(2-3-9)4-5-10(8)7-11/h3-7,11H,1-2H3,(H,15,16,17);7-8H,2-6H2,1H3/t;8-/m.1/s1. The maximum atomic E-state index is 12.5. The zero-order valence-corrected chi connectivity index (χ0v) is 16.7. The molecule has 1 amide bonds. The number of carbonyl (C=O) groups is 1. The van der Waals surface area contributed by atoms with Crippen LogP contribution in [0.15, 0.2) is 24.5 Å². The Morgan fingerprint density at radius 3 is 2.57 bits per heavy atom. The van der Waals surface area contributed by atoms with Crippen LogP contribution in [0.2, 0.25) is 0 Å². The van der Waals surface area contributed by atoms with E-state index in [1.54, 1.807) is 6.07 Å². The van der Waals surface area contributed by atoms with Gasteiger partial charge in [-0.3, -0.25) is 4.79 Å². The Balaban J connectivity index is 0.000000176. The normalized spacial score (nSPS) is 20.2. The number of amides is 1. The van der Waals surface area contributed by atoms with Crippen LogP contribution in [0, 0.1) is 5.41 Å². The van der Waals surface area contributed by atoms with Crippen molar-refractivity contribution in [3.8, 4) is 0 Å². The van der Waals surface area contributed by atoms with Crippen LogP contribution in [0.4, 0.5) is 14.6 Å². The zero-order chi connectivity index (χ0) is 20.3. The van der Waals surface area contributed by atoms with Gasteiger partial charge in [0.1, 0.15) is 12.1 Å². The lowest BCUT2D eigenvalue weighted by Gasteiger charge is -2.35. The van der Waals surface area contributed by atoms with E-state index in [0.29, 0.717) is 22.8 Å². The molecular weight excluding hydrogens is 362 g/mol. The average molecular weight is 390 g/mol. The van der Waals surface area contributed by atoms with Gasteiger partial charge in [0.05, 0.1) is 5.52 Å². The van der Waals surface area contributed by atoms with Gasteiger partial charge in [-0.2, -0.15) is 0 Å². The smallest absolute Gasteiger partial charge is 0.263 e. The molecule has 2 aliphatic rings. The molecule has 2 heterocycles. The highest BCUT2D eigenvalue weighted by molar-refractivity contribution is 5.89. The van der Waals surface area contributed by atoms with E-state index in [1.807, 2.05) is 18.7 Å². The number of halogens is 2. The van der Waals surface area contributed by atoms with E-state index in [0.717, 1.165) is 18.3 Å². The van der Waals surface area contributed by atoms with Crippen molar-refractivity contribution < 1.29 is 13.6 Å². The van der Waals surface area contributed by atoms with Crippen LogP contribution in [0.3, 0.4) is 0 Å². The predicted octanol–water partition coefficient (Wildman–Crippen LogP) is 4.80. The molecule has 1 aliphatic heterocycles. The topological polar surface area (TPSA) is 58.1 Å². The van der Waals surface area contributed by atoms with Crippen LogP contribution in [-0.2, 0) is 4.79 Å². The number of nitrogens with zero attached hydrogens (tertiary/aromatic N) is 3. The highest BCUT2D eigenvalue weighted by Crippen LogP contribution is 2.54. The Kier molecular flexibility index (Phi) is 6.10. The number of hydrogen-bond acceptors (Lipinski definition) is 4. The number of carbonyl (C=O) groups excluding carboxylic acids is 1. The van der Waals surface area contributed by atoms with E-state index < -0.39 is 6.43 Å². The zero-order valence-electron chi connectivity index (χ0n) is 16.7. The molecule has 152 valence electrons. The van der Waals surface area contributed by atoms with Crippen molar-refractivity contribution in [3.05, 3.63) is 30.1 Å². The van der Waals surface area contributed by atoms with Crippen LogP contribution >= 0.6 is 0 Å². The molecule has 1 atom stereocenters. The van der Waals surface area contributed by atoms with Gasteiger partial charge in [-0.15, -0.1) is 0 Å². The number of benzene rings is 1. The quantitative estimate of drug-likeness (QED) is 0.762. The monoisotopic (exact) mass is 390 g/mol. The van der Waals surface area contributed by atoms with Crippen molar-refractivity contribution in [2.45, 2.75) is 65.0 Å². The molecule has 0 radical (unpaired) electrons. The molecule has 0 unspecified atom stereocenters. The number of rotatable bonds is 4. The Hall–Kier alpha value is -2.31. The fourth-order valence-electron chi connectivity index (χ4n) is 3.82. The first-order valence-corrected chi connectivity index (χ1v) is 9.84. The van der Waals surface area contributed by atoms with Crippen molar-refractivity contribution in [1.29, 1.82) is 0 Å². The summed E-state index contributed by atoms with van der Waals surface area (Å²) in [5.41, 5.74) is 1.19. The van der Waals surface area contributed by atoms with Crippen LogP contribution in [0.1, 0.15) is 58.4 Å². The van der Waals surface area contributed by atoms with Crippen LogP contribution in [0.5, 0.6) is 0 Å². The SMILES string of the molecule is CC(C)Nc1ncnc2cc(C(F)F)ccc12.C[C@@H]1CC2(CCN1C=O)CC2. The average Bonchev–Trinajstić information content (AvgIpc) is 3.40. The second kappa shape index (κ2) is 8.37. The molecule has 2 aromatic rings. The molecule has 0 bridgehead atoms. The highest BCUT2D eigenvalue weighted by atomic mass is 19.3. The van der Waals surface area contributed by atoms with Gasteiger partial charge < -0.3 is 10.2 Å². The van der Waals surface area contributed by atoms with Crippen LogP contribution in [0.25, 0.3) is 10.9 Å². The molecule has 2 fully saturated rings. The maximum absolute atomic E-state index is 12.5. The summed E-state index contributed by atoms with van der Waals surface area (Å²) in [6.07, 6.45) is 5.20. The van der Waals surface area contributed by atoms with Gasteiger partial charge >= 0.3 is 0 Å². The van der Waals surface area contributed by atoms with E-state index in [4.69, 9.17) is 0 Å². The minimum atomic E-state index is -2.48. The largest absolute Gasteiger partial charge is 0.367 e. The number of fused-ring (bicyclic) bond motifs is 1. The van der Waals surface area contributed by atoms with Crippen molar-refractivity contribution in [3.63, 3.8) is 0 Å². The third-order valence-corrected chi connectivity index (χ3v) is 5.63. The lowest BCUT2D eigenvalue weighted by atomic mass is 9.89. The number of alkyl halides is 2. The van der Waals surface area contributed by atoms with Crippen LogP contribution < -0.4 is 5.32 Å². The number of hydrogen-bond donors (Lipinski definition) is 1. The summed E-state index contributed by atoms with van der Waals surface area (Å²) in [4.78, 5) is 20.6. The van der Waals surface area contributed by atoms with Crippen molar-refractivity contribution in [1.82, 2.24) is 14.9 Å². The van der Waals surface area contributed by atoms with Gasteiger partial charge in [0.15, 0.2) is 0 Å². The van der Waals surface area contributed by atoms with Gasteiger partial charge in [-0.1, -0.05) is 6.07 Å². The van der Waals surface area contributed by atoms with Crippen molar-refractivity contribution in [2.75, 3.05) is 11.9 Å². The first-order valence-electron chi connectivity index (χ1n) is 9.84. The van der Waals surface area contributed by atoms with Gasteiger partial charge in [0.25, 0.3) is 6.43 Å². The molecule has 7 heteroatoms. The van der Waals surface area contributed by atoms with Crippen molar-refractivity contribution >= 4 is 23.1 Å². The molecule has 1 saturated carbocycles. The van der Waals surface area contributed by atoms with E-state index in [9.17, 15) is 13.6 Å². The highest BCUT2D eigenvalue weighted by Gasteiger charge is 2.46. The molecular formula is C21H28F2N4O. The maximum Gasteiger partial charge on any atom is 0.263 e. The van der Waals surface area contributed by atoms with Crippen LogP contribution in [-0.4, -0.2) is 39.9 Å². The molecule has 1 aromatic heterocycles. The number of anilines is 1. The molecule has 1 saturated heterocycles. The fraction of sp³-hybridized carbons (Fsp3) is 0.571. The summed E-state index contributed by atoms with van der Waals surface area (Å²) >= 11 is 0. The first kappa shape index (κ1) is 20.4. The van der Waals surface area contributed by atoms with Gasteiger partial charge in [-0.25, -0.2) is 18.7 Å². The Morgan fingerprint density at radius 1 is 1.25 bits per heavy atom. The number of piperidine rings is 1.